The van der Waals surface area contributed by atoms with E-state index in [-0.39, 0.29) is 0 Å². The average molecular weight is 297 g/mol. The molecule has 3 N–H and O–H groups in total. The molecule has 6 nitrogen and oxygen atoms in total. The first-order valence-electron chi connectivity index (χ1n) is 6.06. The van der Waals surface area contributed by atoms with Crippen molar-refractivity contribution >= 4 is 23.4 Å². The van der Waals surface area contributed by atoms with E-state index in [1.807, 2.05) is 0 Å². The Kier molecular flexibility index (Phi) is 3.40. The van der Waals surface area contributed by atoms with E-state index in [1.165, 1.54) is 13.8 Å². The van der Waals surface area contributed by atoms with Gasteiger partial charge in [0.1, 0.15) is 23.5 Å². The Morgan fingerprint density at radius 3 is 2.57 bits per heavy atom. The van der Waals surface area contributed by atoms with Crippen LogP contribution in [-0.2, 0) is 9.59 Å². The first-order valence-corrected chi connectivity index (χ1v) is 6.06. The molecule has 1 aromatic rings. The molecule has 1 heterocycles. The van der Waals surface area contributed by atoms with Crippen LogP contribution < -0.4 is 11.1 Å². The van der Waals surface area contributed by atoms with E-state index in [9.17, 15) is 23.2 Å². The molecule has 1 fully saturated rings. The van der Waals surface area contributed by atoms with Crippen molar-refractivity contribution in [3.05, 3.63) is 29.3 Å². The van der Waals surface area contributed by atoms with Crippen LogP contribution in [0.5, 0.6) is 0 Å². The summed E-state index contributed by atoms with van der Waals surface area (Å²) in [5.41, 5.74) is 2.62. The summed E-state index contributed by atoms with van der Waals surface area (Å²) in [6, 6.07) is 1.84. The number of hydrogen-bond donors (Lipinski definition) is 2. The molecule has 0 aliphatic carbocycles. The number of carbonyl (C=O) groups excluding carboxylic acids is 3. The Morgan fingerprint density at radius 1 is 1.33 bits per heavy atom. The third-order valence-electron chi connectivity index (χ3n) is 3.37. The van der Waals surface area contributed by atoms with Gasteiger partial charge in [-0.1, -0.05) is 0 Å². The summed E-state index contributed by atoms with van der Waals surface area (Å²) in [5.74, 6) is -4.88. The van der Waals surface area contributed by atoms with Gasteiger partial charge in [0.05, 0.1) is 5.69 Å². The van der Waals surface area contributed by atoms with E-state index in [0.29, 0.717) is 0 Å². The van der Waals surface area contributed by atoms with E-state index >= 15 is 0 Å². The zero-order valence-corrected chi connectivity index (χ0v) is 11.4. The number of carbonyl (C=O) groups is 3. The van der Waals surface area contributed by atoms with Crippen molar-refractivity contribution in [2.24, 2.45) is 0 Å². The van der Waals surface area contributed by atoms with Gasteiger partial charge in [-0.05, 0) is 26.0 Å². The van der Waals surface area contributed by atoms with Crippen molar-refractivity contribution in [3.63, 3.8) is 0 Å². The monoisotopic (exact) mass is 297 g/mol. The lowest BCUT2D eigenvalue weighted by Gasteiger charge is -2.40. The summed E-state index contributed by atoms with van der Waals surface area (Å²) >= 11 is 0. The third kappa shape index (κ3) is 2.32. The number of benzene rings is 1. The predicted molar refractivity (Wildman–Crippen MR) is 69.0 cm³/mol. The van der Waals surface area contributed by atoms with E-state index in [4.69, 9.17) is 5.73 Å². The number of nitrogens with one attached hydrogen (secondary N) is 1. The van der Waals surface area contributed by atoms with Gasteiger partial charge in [0.2, 0.25) is 5.91 Å². The Morgan fingerprint density at radius 2 is 1.95 bits per heavy atom. The average Bonchev–Trinajstić information content (AvgIpc) is 2.39. The molecule has 0 bridgehead atoms. The van der Waals surface area contributed by atoms with Crippen molar-refractivity contribution in [1.29, 1.82) is 0 Å². The number of anilines is 1. The van der Waals surface area contributed by atoms with Crippen LogP contribution >= 0.6 is 0 Å². The summed E-state index contributed by atoms with van der Waals surface area (Å²) < 4.78 is 27.7. The molecule has 21 heavy (non-hydrogen) atoms. The van der Waals surface area contributed by atoms with Gasteiger partial charge >= 0.3 is 0 Å². The Hall–Kier alpha value is -2.51. The van der Waals surface area contributed by atoms with Crippen LogP contribution in [0.15, 0.2) is 12.1 Å². The van der Waals surface area contributed by atoms with Crippen molar-refractivity contribution in [2.75, 3.05) is 12.3 Å². The van der Waals surface area contributed by atoms with Gasteiger partial charge in [0.15, 0.2) is 5.82 Å². The van der Waals surface area contributed by atoms with E-state index in [2.05, 4.69) is 5.32 Å². The van der Waals surface area contributed by atoms with Gasteiger partial charge in [-0.3, -0.25) is 19.7 Å². The van der Waals surface area contributed by atoms with E-state index in [0.717, 1.165) is 17.0 Å². The minimum absolute atomic E-state index is 0.398. The molecule has 1 aliphatic heterocycles. The second kappa shape index (κ2) is 4.80. The van der Waals surface area contributed by atoms with Gasteiger partial charge in [-0.25, -0.2) is 8.78 Å². The summed E-state index contributed by atoms with van der Waals surface area (Å²) in [6.45, 7) is 2.26. The van der Waals surface area contributed by atoms with Crippen LogP contribution in [-0.4, -0.2) is 34.7 Å². The van der Waals surface area contributed by atoms with Gasteiger partial charge in [-0.15, -0.1) is 0 Å². The van der Waals surface area contributed by atoms with Crippen molar-refractivity contribution in [2.45, 2.75) is 19.4 Å². The highest BCUT2D eigenvalue weighted by Crippen LogP contribution is 2.25. The molecule has 0 saturated carbocycles. The number of hydrogen-bond acceptors (Lipinski definition) is 4. The summed E-state index contributed by atoms with van der Waals surface area (Å²) in [4.78, 5) is 36.4. The predicted octanol–water partition coefficient (Wildman–Crippen LogP) is 0.424. The molecule has 1 saturated heterocycles. The Balaban J connectivity index is 2.51. The van der Waals surface area contributed by atoms with Crippen LogP contribution in [0, 0.1) is 11.6 Å². The van der Waals surface area contributed by atoms with Crippen molar-refractivity contribution < 1.29 is 23.2 Å². The van der Waals surface area contributed by atoms with Crippen molar-refractivity contribution in [3.8, 4) is 0 Å². The van der Waals surface area contributed by atoms with Gasteiger partial charge in [-0.2, -0.15) is 0 Å². The smallest absolute Gasteiger partial charge is 0.261 e. The fraction of sp³-hybridized carbons (Fsp3) is 0.308. The van der Waals surface area contributed by atoms with E-state index in [1.54, 1.807) is 0 Å². The van der Waals surface area contributed by atoms with Crippen LogP contribution in [0.1, 0.15) is 24.2 Å². The van der Waals surface area contributed by atoms with E-state index < -0.39 is 52.7 Å². The van der Waals surface area contributed by atoms with Crippen LogP contribution in [0.2, 0.25) is 0 Å². The Labute approximate surface area is 118 Å². The first-order chi connectivity index (χ1) is 9.66. The lowest BCUT2D eigenvalue weighted by Crippen LogP contribution is -2.65. The normalized spacial score (nSPS) is 17.6. The molecular weight excluding hydrogens is 284 g/mol. The maximum absolute atomic E-state index is 13.9. The quantitative estimate of drug-likeness (QED) is 0.580. The lowest BCUT2D eigenvalue weighted by molar-refractivity contribution is -0.143. The first kappa shape index (κ1) is 14.9. The summed E-state index contributed by atoms with van der Waals surface area (Å²) in [6.07, 6.45) is 0. The zero-order valence-electron chi connectivity index (χ0n) is 11.4. The number of nitrogens with two attached hydrogens (primary N) is 1. The second-order valence-electron chi connectivity index (χ2n) is 5.15. The number of piperazine rings is 1. The SMILES string of the molecule is CC1(C)C(=O)NC(=O)CN1C(=O)c1c(F)ccc(N)c1F. The Bertz CT molecular complexity index is 658. The van der Waals surface area contributed by atoms with Crippen LogP contribution in [0.3, 0.4) is 0 Å². The minimum atomic E-state index is -1.42. The molecule has 112 valence electrons. The number of halogens is 2. The molecule has 3 amide bonds. The standard InChI is InChI=1S/C13H13F2N3O3/c1-13(2)12(21)17-8(19)5-18(13)11(20)9-6(14)3-4-7(16)10(9)15/h3-4H,5,16H2,1-2H3,(H,17,19,21). The minimum Gasteiger partial charge on any atom is -0.396 e. The molecule has 0 atom stereocenters. The highest BCUT2D eigenvalue weighted by Gasteiger charge is 2.45. The molecule has 1 aliphatic rings. The van der Waals surface area contributed by atoms with Gasteiger partial charge in [0.25, 0.3) is 11.8 Å². The number of imide groups is 1. The highest BCUT2D eigenvalue weighted by molar-refractivity contribution is 6.09. The van der Waals surface area contributed by atoms with Gasteiger partial charge < -0.3 is 10.6 Å². The van der Waals surface area contributed by atoms with Gasteiger partial charge in [0, 0.05) is 0 Å². The maximum atomic E-state index is 13.9. The molecule has 8 heteroatoms. The molecule has 0 radical (unpaired) electrons. The fourth-order valence-corrected chi connectivity index (χ4v) is 2.01. The largest absolute Gasteiger partial charge is 0.396 e. The summed E-state index contributed by atoms with van der Waals surface area (Å²) in [5, 5.41) is 2.06. The van der Waals surface area contributed by atoms with Crippen molar-refractivity contribution in [1.82, 2.24) is 10.2 Å². The molecular formula is C13H13F2N3O3. The molecule has 0 spiro atoms. The molecule has 2 rings (SSSR count). The van der Waals surface area contributed by atoms with Crippen LogP contribution in [0.4, 0.5) is 14.5 Å². The van der Waals surface area contributed by atoms with Crippen LogP contribution in [0.25, 0.3) is 0 Å². The zero-order chi connectivity index (χ0) is 15.9. The molecule has 1 aromatic carbocycles. The lowest BCUT2D eigenvalue weighted by atomic mass is 9.97. The fourth-order valence-electron chi connectivity index (χ4n) is 2.01. The maximum Gasteiger partial charge on any atom is 0.261 e. The number of amides is 3. The molecule has 0 unspecified atom stereocenters. The second-order valence-corrected chi connectivity index (χ2v) is 5.15. The number of nitrogens with zero attached hydrogens (tertiary/aromatic N) is 1. The molecule has 0 aromatic heterocycles. The number of rotatable bonds is 1. The summed E-state index contributed by atoms with van der Waals surface area (Å²) in [7, 11) is 0. The topological polar surface area (TPSA) is 92.5 Å². The number of nitrogen functional groups attached to an aromatic ring is 1. The highest BCUT2D eigenvalue weighted by atomic mass is 19.1. The third-order valence-corrected chi connectivity index (χ3v) is 3.37.